The monoisotopic (exact) mass is 468 g/mol. The molecular formula is C27H28N6O2. The summed E-state index contributed by atoms with van der Waals surface area (Å²) in [5.74, 6) is 0.939. The van der Waals surface area contributed by atoms with E-state index >= 15 is 0 Å². The van der Waals surface area contributed by atoms with Gasteiger partial charge in [0.1, 0.15) is 11.3 Å². The van der Waals surface area contributed by atoms with E-state index in [4.69, 9.17) is 4.74 Å². The number of ether oxygens (including phenoxy) is 1. The Morgan fingerprint density at radius 3 is 2.74 bits per heavy atom. The number of aromatic nitrogens is 4. The molecular weight excluding hydrogens is 440 g/mol. The fraction of sp³-hybridized carbons (Fsp3) is 0.333. The predicted molar refractivity (Wildman–Crippen MR) is 135 cm³/mol. The van der Waals surface area contributed by atoms with Gasteiger partial charge in [-0.05, 0) is 55.5 Å². The molecule has 0 atom stereocenters. The molecule has 35 heavy (non-hydrogen) atoms. The predicted octanol–water partition coefficient (Wildman–Crippen LogP) is 4.83. The Morgan fingerprint density at radius 1 is 1.06 bits per heavy atom. The average Bonchev–Trinajstić information content (AvgIpc) is 3.18. The third-order valence-corrected chi connectivity index (χ3v) is 7.27. The second-order valence-electron chi connectivity index (χ2n) is 9.42. The lowest BCUT2D eigenvalue weighted by atomic mass is 9.86. The molecule has 1 aliphatic heterocycles. The molecule has 8 nitrogen and oxygen atoms in total. The first-order valence-corrected chi connectivity index (χ1v) is 12.1. The van der Waals surface area contributed by atoms with Crippen LogP contribution in [0.2, 0.25) is 0 Å². The average molecular weight is 469 g/mol. The third kappa shape index (κ3) is 3.93. The molecule has 3 aromatic heterocycles. The molecule has 8 heteroatoms. The Kier molecular flexibility index (Phi) is 5.45. The number of amides is 1. The minimum atomic E-state index is -0.0114. The van der Waals surface area contributed by atoms with Crippen molar-refractivity contribution in [3.05, 3.63) is 60.7 Å². The van der Waals surface area contributed by atoms with Gasteiger partial charge < -0.3 is 19.5 Å². The Bertz CT molecular complexity index is 1410. The molecule has 6 rings (SSSR count). The maximum atomic E-state index is 13.9. The van der Waals surface area contributed by atoms with Crippen LogP contribution in [0.4, 0.5) is 17.2 Å². The van der Waals surface area contributed by atoms with Crippen molar-refractivity contribution in [1.29, 1.82) is 0 Å². The van der Waals surface area contributed by atoms with Gasteiger partial charge in [-0.1, -0.05) is 12.1 Å². The van der Waals surface area contributed by atoms with E-state index in [1.807, 2.05) is 47.0 Å². The third-order valence-electron chi connectivity index (χ3n) is 7.27. The molecule has 2 aliphatic rings. The van der Waals surface area contributed by atoms with E-state index in [2.05, 4.69) is 32.4 Å². The summed E-state index contributed by atoms with van der Waals surface area (Å²) < 4.78 is 7.43. The van der Waals surface area contributed by atoms with Gasteiger partial charge in [-0.25, -0.2) is 15.0 Å². The first-order chi connectivity index (χ1) is 17.1. The summed E-state index contributed by atoms with van der Waals surface area (Å²) in [6, 6.07) is 12.2. The van der Waals surface area contributed by atoms with Gasteiger partial charge in [0, 0.05) is 43.6 Å². The van der Waals surface area contributed by atoms with Crippen LogP contribution in [0.25, 0.3) is 22.3 Å². The zero-order valence-corrected chi connectivity index (χ0v) is 19.9. The van der Waals surface area contributed by atoms with E-state index in [-0.39, 0.29) is 17.9 Å². The second-order valence-corrected chi connectivity index (χ2v) is 9.42. The van der Waals surface area contributed by atoms with E-state index in [0.29, 0.717) is 6.54 Å². The van der Waals surface area contributed by atoms with Crippen molar-refractivity contribution >= 4 is 34.3 Å². The van der Waals surface area contributed by atoms with Crippen molar-refractivity contribution in [2.75, 3.05) is 17.3 Å². The van der Waals surface area contributed by atoms with Crippen LogP contribution < -0.4 is 10.2 Å². The van der Waals surface area contributed by atoms with Crippen molar-refractivity contribution in [2.24, 2.45) is 13.0 Å². The van der Waals surface area contributed by atoms with E-state index in [9.17, 15) is 4.79 Å². The number of anilines is 3. The summed E-state index contributed by atoms with van der Waals surface area (Å²) in [7, 11) is 3.69. The van der Waals surface area contributed by atoms with Gasteiger partial charge in [0.2, 0.25) is 5.91 Å². The normalized spacial score (nSPS) is 19.5. The van der Waals surface area contributed by atoms with Crippen LogP contribution in [0, 0.1) is 5.92 Å². The minimum absolute atomic E-state index is 0.0114. The Balaban J connectivity index is 1.40. The number of fused-ring (bicyclic) bond motifs is 3. The lowest BCUT2D eigenvalue weighted by molar-refractivity contribution is -0.124. The number of benzene rings is 1. The largest absolute Gasteiger partial charge is 0.381 e. The minimum Gasteiger partial charge on any atom is -0.381 e. The number of carbonyl (C=O) groups is 1. The highest BCUT2D eigenvalue weighted by molar-refractivity contribution is 6.00. The SMILES string of the molecule is COC1CCC(C(=O)N2Cc3cccnc3Nc3ccc(-c4cnc5c(c4)ncn5C)cc32)CC1. The van der Waals surface area contributed by atoms with Crippen LogP contribution in [0.5, 0.6) is 0 Å². The van der Waals surface area contributed by atoms with Crippen LogP contribution >= 0.6 is 0 Å². The molecule has 0 spiro atoms. The van der Waals surface area contributed by atoms with E-state index in [1.54, 1.807) is 19.6 Å². The molecule has 178 valence electrons. The molecule has 1 amide bonds. The highest BCUT2D eigenvalue weighted by atomic mass is 16.5. The number of nitrogens with one attached hydrogen (secondary N) is 1. The molecule has 1 N–H and O–H groups in total. The zero-order chi connectivity index (χ0) is 23.9. The first kappa shape index (κ1) is 21.7. The number of nitrogens with zero attached hydrogens (tertiary/aromatic N) is 5. The highest BCUT2D eigenvalue weighted by Gasteiger charge is 2.33. The first-order valence-electron chi connectivity index (χ1n) is 12.1. The summed E-state index contributed by atoms with van der Waals surface area (Å²) in [4.78, 5) is 29.4. The summed E-state index contributed by atoms with van der Waals surface area (Å²) in [5, 5.41) is 3.46. The summed E-state index contributed by atoms with van der Waals surface area (Å²) in [6.45, 7) is 0.479. The molecule has 1 saturated carbocycles. The van der Waals surface area contributed by atoms with E-state index in [1.165, 1.54) is 0 Å². The molecule has 4 aromatic rings. The summed E-state index contributed by atoms with van der Waals surface area (Å²) in [6.07, 6.45) is 9.18. The number of aryl methyl sites for hydroxylation is 1. The van der Waals surface area contributed by atoms with Gasteiger partial charge in [0.25, 0.3) is 0 Å². The lowest BCUT2D eigenvalue weighted by Gasteiger charge is -2.32. The molecule has 1 aliphatic carbocycles. The van der Waals surface area contributed by atoms with Gasteiger partial charge in [0.05, 0.1) is 30.4 Å². The van der Waals surface area contributed by atoms with E-state index in [0.717, 1.165) is 70.7 Å². The molecule has 0 unspecified atom stereocenters. The maximum Gasteiger partial charge on any atom is 0.230 e. The molecule has 1 fully saturated rings. The van der Waals surface area contributed by atoms with Gasteiger partial charge in [-0.15, -0.1) is 0 Å². The number of hydrogen-bond donors (Lipinski definition) is 1. The van der Waals surface area contributed by atoms with Crippen molar-refractivity contribution in [3.63, 3.8) is 0 Å². The summed E-state index contributed by atoms with van der Waals surface area (Å²) in [5.41, 5.74) is 6.38. The van der Waals surface area contributed by atoms with E-state index < -0.39 is 0 Å². The van der Waals surface area contributed by atoms with Crippen LogP contribution in [-0.2, 0) is 23.1 Å². The Morgan fingerprint density at radius 2 is 1.91 bits per heavy atom. The van der Waals surface area contributed by atoms with Crippen LogP contribution in [-0.4, -0.2) is 38.6 Å². The highest BCUT2D eigenvalue weighted by Crippen LogP contribution is 2.40. The Hall–Kier alpha value is -3.78. The second kappa shape index (κ2) is 8.78. The zero-order valence-electron chi connectivity index (χ0n) is 19.9. The van der Waals surface area contributed by atoms with Gasteiger partial charge in [0.15, 0.2) is 5.65 Å². The quantitative estimate of drug-likeness (QED) is 0.464. The lowest BCUT2D eigenvalue weighted by Crippen LogP contribution is -2.38. The van der Waals surface area contributed by atoms with Crippen molar-refractivity contribution in [3.8, 4) is 11.1 Å². The van der Waals surface area contributed by atoms with Crippen LogP contribution in [0.3, 0.4) is 0 Å². The van der Waals surface area contributed by atoms with Gasteiger partial charge in [-0.3, -0.25) is 4.79 Å². The fourth-order valence-electron chi connectivity index (χ4n) is 5.24. The number of rotatable bonds is 3. The number of carbonyl (C=O) groups excluding carboxylic acids is 1. The van der Waals surface area contributed by atoms with Crippen molar-refractivity contribution in [2.45, 2.75) is 38.3 Å². The van der Waals surface area contributed by atoms with Crippen LogP contribution in [0.15, 0.2) is 55.1 Å². The molecule has 1 aromatic carbocycles. The standard InChI is InChI=1S/C27H28N6O2/c1-32-16-30-23-12-20(14-29-26(23)32)18-7-10-22-24(13-18)33(15-19-4-3-11-28-25(19)31-22)27(34)17-5-8-21(35-2)9-6-17/h3-4,7,10-14,16-17,21H,5-6,8-9,15H2,1-2H3,(H,28,31). The van der Waals surface area contributed by atoms with Gasteiger partial charge >= 0.3 is 0 Å². The number of imidazole rings is 1. The number of pyridine rings is 2. The van der Waals surface area contributed by atoms with Gasteiger partial charge in [-0.2, -0.15) is 0 Å². The summed E-state index contributed by atoms with van der Waals surface area (Å²) >= 11 is 0. The van der Waals surface area contributed by atoms with Crippen LogP contribution in [0.1, 0.15) is 31.2 Å². The molecule has 4 heterocycles. The Labute approximate surface area is 204 Å². The smallest absolute Gasteiger partial charge is 0.230 e. The molecule has 0 bridgehead atoms. The maximum absolute atomic E-state index is 13.9. The number of methoxy groups -OCH3 is 1. The number of hydrogen-bond acceptors (Lipinski definition) is 6. The molecule has 0 saturated heterocycles. The fourth-order valence-corrected chi connectivity index (χ4v) is 5.24. The van der Waals surface area contributed by atoms with Crippen molar-refractivity contribution in [1.82, 2.24) is 19.5 Å². The van der Waals surface area contributed by atoms with Crippen molar-refractivity contribution < 1.29 is 9.53 Å². The topological polar surface area (TPSA) is 85.2 Å². The molecule has 0 radical (unpaired) electrons.